The van der Waals surface area contributed by atoms with E-state index in [1.165, 1.54) is 0 Å². The van der Waals surface area contributed by atoms with Crippen molar-refractivity contribution in [2.24, 2.45) is 0 Å². The number of hydrogen-bond acceptors (Lipinski definition) is 3. The van der Waals surface area contributed by atoms with Crippen molar-refractivity contribution < 1.29 is 9.53 Å². The third kappa shape index (κ3) is 2.19. The van der Waals surface area contributed by atoms with Crippen LogP contribution < -0.4 is 0 Å². The zero-order chi connectivity index (χ0) is 13.2. The maximum Gasteiger partial charge on any atom is 0.182 e. The zero-order valence-corrected chi connectivity index (χ0v) is 10.9. The number of benzene rings is 1. The van der Waals surface area contributed by atoms with Gasteiger partial charge in [-0.1, -0.05) is 37.3 Å². The maximum atomic E-state index is 11.8. The van der Waals surface area contributed by atoms with E-state index in [9.17, 15) is 4.79 Å². The van der Waals surface area contributed by atoms with Crippen molar-refractivity contribution in [1.82, 2.24) is 9.78 Å². The Kier molecular flexibility index (Phi) is 3.17. The number of fused-ring (bicyclic) bond motifs is 1. The number of nitrogens with zero attached hydrogens (tertiary/aromatic N) is 2. The topological polar surface area (TPSA) is 44.1 Å². The second-order valence-corrected chi connectivity index (χ2v) is 4.62. The summed E-state index contributed by atoms with van der Waals surface area (Å²) in [6.07, 6.45) is 0.355. The van der Waals surface area contributed by atoms with E-state index in [0.29, 0.717) is 25.3 Å². The van der Waals surface area contributed by atoms with Crippen LogP contribution in [0.1, 0.15) is 41.2 Å². The molecule has 0 spiro atoms. The van der Waals surface area contributed by atoms with Crippen LogP contribution >= 0.6 is 0 Å². The van der Waals surface area contributed by atoms with E-state index in [2.05, 4.69) is 5.10 Å². The van der Waals surface area contributed by atoms with Crippen LogP contribution in [0.4, 0.5) is 0 Å². The van der Waals surface area contributed by atoms with Gasteiger partial charge in [0.15, 0.2) is 5.78 Å². The Balaban J connectivity index is 2.00. The minimum atomic E-state index is -0.124. The average Bonchev–Trinajstić information content (AvgIpc) is 2.91. The molecule has 4 nitrogen and oxygen atoms in total. The van der Waals surface area contributed by atoms with Crippen molar-refractivity contribution in [3.63, 3.8) is 0 Å². The summed E-state index contributed by atoms with van der Waals surface area (Å²) in [7, 11) is 0. The molecule has 1 aromatic heterocycles. The molecule has 0 bridgehead atoms. The summed E-state index contributed by atoms with van der Waals surface area (Å²) >= 11 is 0. The molecule has 98 valence electrons. The second kappa shape index (κ2) is 4.97. The minimum Gasteiger partial charge on any atom is -0.365 e. The smallest absolute Gasteiger partial charge is 0.182 e. The highest BCUT2D eigenvalue weighted by molar-refractivity contribution is 5.94. The molecule has 1 aliphatic rings. The van der Waals surface area contributed by atoms with Gasteiger partial charge in [-0.2, -0.15) is 5.10 Å². The lowest BCUT2D eigenvalue weighted by Crippen LogP contribution is -2.22. The molecule has 0 fully saturated rings. The van der Waals surface area contributed by atoms with E-state index < -0.39 is 0 Å². The predicted molar refractivity (Wildman–Crippen MR) is 71.1 cm³/mol. The van der Waals surface area contributed by atoms with Crippen LogP contribution in [-0.2, 0) is 11.3 Å². The van der Waals surface area contributed by atoms with E-state index in [4.69, 9.17) is 4.74 Å². The summed E-state index contributed by atoms with van der Waals surface area (Å²) in [5.41, 5.74) is 2.61. The third-order valence-corrected chi connectivity index (χ3v) is 3.38. The van der Waals surface area contributed by atoms with Gasteiger partial charge in [0.1, 0.15) is 11.8 Å². The number of ether oxygens (including phenoxy) is 1. The highest BCUT2D eigenvalue weighted by Gasteiger charge is 2.25. The molecule has 19 heavy (non-hydrogen) atoms. The van der Waals surface area contributed by atoms with E-state index >= 15 is 0 Å². The van der Waals surface area contributed by atoms with Gasteiger partial charge in [-0.15, -0.1) is 0 Å². The quantitative estimate of drug-likeness (QED) is 0.793. The Morgan fingerprint density at radius 3 is 2.95 bits per heavy atom. The predicted octanol–water partition coefficient (Wildman–Crippen LogP) is 2.60. The van der Waals surface area contributed by atoms with Crippen molar-refractivity contribution in [1.29, 1.82) is 0 Å². The highest BCUT2D eigenvalue weighted by atomic mass is 16.5. The normalized spacial score (nSPS) is 18.1. The van der Waals surface area contributed by atoms with Crippen molar-refractivity contribution >= 4 is 5.78 Å². The van der Waals surface area contributed by atoms with Crippen molar-refractivity contribution in [3.05, 3.63) is 53.3 Å². The van der Waals surface area contributed by atoms with Gasteiger partial charge in [0.05, 0.1) is 18.8 Å². The van der Waals surface area contributed by atoms with Crippen molar-refractivity contribution in [2.45, 2.75) is 26.0 Å². The van der Waals surface area contributed by atoms with Crippen LogP contribution in [0, 0.1) is 0 Å². The average molecular weight is 256 g/mol. The van der Waals surface area contributed by atoms with Crippen molar-refractivity contribution in [3.8, 4) is 0 Å². The molecule has 0 aliphatic carbocycles. The molecule has 4 heteroatoms. The number of carbonyl (C=O) groups excluding carboxylic acids is 1. The number of ketones is 1. The van der Waals surface area contributed by atoms with Gasteiger partial charge in [-0.05, 0) is 11.6 Å². The Hall–Kier alpha value is -1.94. The maximum absolute atomic E-state index is 11.8. The number of Topliss-reactive ketones (excluding diaryl/α,β-unsaturated/α-hetero) is 1. The SMILES string of the molecule is CCC(=O)c1cc2n(n1)CCO[C@H]2c1ccccc1. The molecule has 0 radical (unpaired) electrons. The molecule has 1 atom stereocenters. The Bertz CT molecular complexity index is 589. The standard InChI is InChI=1S/C15H16N2O2/c1-2-14(18)12-10-13-15(11-6-4-3-5-7-11)19-9-8-17(13)16-12/h3-7,10,15H,2,8-9H2,1H3/t15-/m0/s1. The summed E-state index contributed by atoms with van der Waals surface area (Å²) in [6, 6.07) is 11.9. The molecular weight excluding hydrogens is 240 g/mol. The summed E-state index contributed by atoms with van der Waals surface area (Å²) in [6.45, 7) is 3.18. The summed E-state index contributed by atoms with van der Waals surface area (Å²) in [4.78, 5) is 11.8. The van der Waals surface area contributed by atoms with Crippen LogP contribution in [0.2, 0.25) is 0 Å². The largest absolute Gasteiger partial charge is 0.365 e. The Morgan fingerprint density at radius 2 is 2.21 bits per heavy atom. The van der Waals surface area contributed by atoms with Crippen LogP contribution in [0.15, 0.2) is 36.4 Å². The lowest BCUT2D eigenvalue weighted by Gasteiger charge is -2.24. The van der Waals surface area contributed by atoms with Crippen molar-refractivity contribution in [2.75, 3.05) is 6.61 Å². The first-order chi connectivity index (χ1) is 9.29. The van der Waals surface area contributed by atoms with E-state index in [1.54, 1.807) is 0 Å². The fourth-order valence-corrected chi connectivity index (χ4v) is 2.38. The second-order valence-electron chi connectivity index (χ2n) is 4.62. The highest BCUT2D eigenvalue weighted by Crippen LogP contribution is 2.29. The van der Waals surface area contributed by atoms with Crippen LogP contribution in [0.3, 0.4) is 0 Å². The van der Waals surface area contributed by atoms with Gasteiger partial charge in [0.25, 0.3) is 0 Å². The van der Waals surface area contributed by atoms with E-state index in [1.807, 2.05) is 48.0 Å². The van der Waals surface area contributed by atoms with Crippen LogP contribution in [0.5, 0.6) is 0 Å². The van der Waals surface area contributed by atoms with Gasteiger partial charge in [-0.3, -0.25) is 9.48 Å². The molecule has 0 saturated heterocycles. The van der Waals surface area contributed by atoms with Gasteiger partial charge < -0.3 is 4.74 Å². The van der Waals surface area contributed by atoms with Crippen LogP contribution in [0.25, 0.3) is 0 Å². The first-order valence-corrected chi connectivity index (χ1v) is 6.57. The van der Waals surface area contributed by atoms with E-state index in [0.717, 1.165) is 11.3 Å². The molecule has 0 amide bonds. The first kappa shape index (κ1) is 12.1. The molecule has 2 heterocycles. The molecule has 0 unspecified atom stereocenters. The fourth-order valence-electron chi connectivity index (χ4n) is 2.38. The van der Waals surface area contributed by atoms with E-state index in [-0.39, 0.29) is 11.9 Å². The molecule has 3 rings (SSSR count). The molecular formula is C15H16N2O2. The molecule has 0 saturated carbocycles. The molecule has 0 N–H and O–H groups in total. The van der Waals surface area contributed by atoms with Gasteiger partial charge >= 0.3 is 0 Å². The Labute approximate surface area is 112 Å². The Morgan fingerprint density at radius 1 is 1.42 bits per heavy atom. The molecule has 2 aromatic rings. The van der Waals surface area contributed by atoms with Gasteiger partial charge in [-0.25, -0.2) is 0 Å². The summed E-state index contributed by atoms with van der Waals surface area (Å²) in [5.74, 6) is 0.0775. The summed E-state index contributed by atoms with van der Waals surface area (Å²) < 4.78 is 7.74. The molecule has 1 aromatic carbocycles. The zero-order valence-electron chi connectivity index (χ0n) is 10.9. The molecule has 1 aliphatic heterocycles. The number of aromatic nitrogens is 2. The number of hydrogen-bond donors (Lipinski definition) is 0. The lowest BCUT2D eigenvalue weighted by atomic mass is 10.0. The lowest BCUT2D eigenvalue weighted by molar-refractivity contribution is 0.0421. The minimum absolute atomic E-state index is 0.0775. The summed E-state index contributed by atoms with van der Waals surface area (Å²) in [5, 5.41) is 4.38. The fraction of sp³-hybridized carbons (Fsp3) is 0.333. The van der Waals surface area contributed by atoms with Gasteiger partial charge in [0, 0.05) is 6.42 Å². The third-order valence-electron chi connectivity index (χ3n) is 3.38. The van der Waals surface area contributed by atoms with Crippen LogP contribution in [-0.4, -0.2) is 22.2 Å². The monoisotopic (exact) mass is 256 g/mol. The first-order valence-electron chi connectivity index (χ1n) is 6.57. The number of rotatable bonds is 3. The van der Waals surface area contributed by atoms with Gasteiger partial charge in [0.2, 0.25) is 0 Å². The number of carbonyl (C=O) groups is 1.